The first-order valence-corrected chi connectivity index (χ1v) is 13.6. The Kier molecular flexibility index (Phi) is 8.77. The highest BCUT2D eigenvalue weighted by molar-refractivity contribution is 7.80. The molecule has 214 valence electrons. The van der Waals surface area contributed by atoms with Crippen molar-refractivity contribution >= 4 is 35.1 Å². The monoisotopic (exact) mass is 582 g/mol. The van der Waals surface area contributed by atoms with Crippen molar-refractivity contribution in [3.63, 3.8) is 0 Å². The highest BCUT2D eigenvalue weighted by Crippen LogP contribution is 2.30. The summed E-state index contributed by atoms with van der Waals surface area (Å²) in [6.07, 6.45) is 1.69. The lowest BCUT2D eigenvalue weighted by molar-refractivity contribution is -0.137. The molecular formula is C30H29F3N4O3S. The molecular weight excluding hydrogens is 553 g/mol. The van der Waals surface area contributed by atoms with Crippen LogP contribution in [0.5, 0.6) is 0 Å². The first-order chi connectivity index (χ1) is 19.7. The van der Waals surface area contributed by atoms with E-state index in [1.54, 1.807) is 36.5 Å². The molecule has 2 aromatic carbocycles. The van der Waals surface area contributed by atoms with Gasteiger partial charge in [-0.15, -0.1) is 12.6 Å². The van der Waals surface area contributed by atoms with Crippen molar-refractivity contribution in [2.45, 2.75) is 50.7 Å². The van der Waals surface area contributed by atoms with Crippen LogP contribution >= 0.6 is 12.6 Å². The van der Waals surface area contributed by atoms with Crippen molar-refractivity contribution in [2.75, 3.05) is 18.0 Å². The minimum atomic E-state index is -2.92. The Morgan fingerprint density at radius 1 is 1.15 bits per heavy atom. The number of nitrogens with zero attached hydrogens (tertiary/aromatic N) is 3. The van der Waals surface area contributed by atoms with Crippen molar-refractivity contribution < 1.29 is 27.4 Å². The number of nitrogens with one attached hydrogen (secondary N) is 1. The third kappa shape index (κ3) is 6.98. The number of benzene rings is 2. The molecule has 2 atom stereocenters. The molecule has 0 bridgehead atoms. The van der Waals surface area contributed by atoms with Crippen LogP contribution in [0.25, 0.3) is 22.0 Å². The highest BCUT2D eigenvalue weighted by atomic mass is 32.1. The van der Waals surface area contributed by atoms with E-state index in [0.717, 1.165) is 5.82 Å². The number of rotatable bonds is 8. The molecule has 2 unspecified atom stereocenters. The third-order valence-electron chi connectivity index (χ3n) is 6.69. The molecule has 2 aromatic heterocycles. The van der Waals surface area contributed by atoms with Crippen LogP contribution in [0.3, 0.4) is 0 Å². The topological polar surface area (TPSA) is 76.6 Å². The largest absolute Gasteiger partial charge is 0.372 e. The fourth-order valence-corrected chi connectivity index (χ4v) is 5.26. The summed E-state index contributed by atoms with van der Waals surface area (Å²) in [7, 11) is 0. The zero-order valence-electron chi connectivity index (χ0n) is 22.5. The van der Waals surface area contributed by atoms with E-state index in [0.29, 0.717) is 51.3 Å². The minimum absolute atomic E-state index is 0.0270. The number of carbonyl (C=O) groups is 1. The maximum absolute atomic E-state index is 15.9. The molecule has 0 saturated carbocycles. The number of hydrogen-bond donors (Lipinski definition) is 2. The van der Waals surface area contributed by atoms with Gasteiger partial charge in [-0.2, -0.15) is 8.78 Å². The normalized spacial score (nSPS) is 17.3. The molecule has 0 radical (unpaired) electrons. The zero-order chi connectivity index (χ0) is 29.1. The first-order valence-electron chi connectivity index (χ1n) is 13.1. The molecule has 1 amide bonds. The van der Waals surface area contributed by atoms with Crippen LogP contribution in [0.15, 0.2) is 65.7 Å². The molecule has 1 fully saturated rings. The van der Waals surface area contributed by atoms with Crippen molar-refractivity contribution in [2.24, 2.45) is 0 Å². The Morgan fingerprint density at radius 3 is 2.68 bits per heavy atom. The van der Waals surface area contributed by atoms with E-state index in [9.17, 15) is 13.6 Å². The molecule has 1 aliphatic heterocycles. The van der Waals surface area contributed by atoms with Crippen molar-refractivity contribution in [1.29, 1.82) is 0 Å². The number of halogens is 3. The van der Waals surface area contributed by atoms with E-state index in [2.05, 4.69) is 32.6 Å². The quantitative estimate of drug-likeness (QED) is 0.248. The smallest absolute Gasteiger partial charge is 0.345 e. The summed E-state index contributed by atoms with van der Waals surface area (Å²) in [5.41, 5.74) is 1.94. The van der Waals surface area contributed by atoms with Crippen molar-refractivity contribution in [3.8, 4) is 11.3 Å². The Hall–Kier alpha value is -3.67. The Morgan fingerprint density at radius 2 is 1.93 bits per heavy atom. The lowest BCUT2D eigenvalue weighted by Crippen LogP contribution is -2.45. The predicted molar refractivity (Wildman–Crippen MR) is 153 cm³/mol. The summed E-state index contributed by atoms with van der Waals surface area (Å²) in [5.74, 6) is -0.128. The van der Waals surface area contributed by atoms with Gasteiger partial charge in [0.2, 0.25) is 0 Å². The number of aromatic nitrogens is 2. The fraction of sp³-hybridized carbons (Fsp3) is 0.300. The number of amides is 1. The van der Waals surface area contributed by atoms with Gasteiger partial charge in [0.25, 0.3) is 5.91 Å². The predicted octanol–water partition coefficient (Wildman–Crippen LogP) is 6.01. The van der Waals surface area contributed by atoms with Gasteiger partial charge in [-0.1, -0.05) is 12.1 Å². The van der Waals surface area contributed by atoms with E-state index in [4.69, 9.17) is 9.72 Å². The van der Waals surface area contributed by atoms with E-state index in [-0.39, 0.29) is 30.9 Å². The number of carbonyl (C=O) groups excluding carboxylic acids is 1. The average Bonchev–Trinajstić information content (AvgIpc) is 2.94. The number of alkyl halides is 2. The van der Waals surface area contributed by atoms with Crippen LogP contribution in [0.2, 0.25) is 0 Å². The summed E-state index contributed by atoms with van der Waals surface area (Å²) >= 11 is 4.25. The summed E-state index contributed by atoms with van der Waals surface area (Å²) in [5, 5.41) is 3.71. The zero-order valence-corrected chi connectivity index (χ0v) is 23.4. The molecule has 4 aromatic rings. The van der Waals surface area contributed by atoms with Gasteiger partial charge >= 0.3 is 6.61 Å². The van der Waals surface area contributed by atoms with Crippen molar-refractivity contribution in [3.05, 3.63) is 83.4 Å². The van der Waals surface area contributed by atoms with Gasteiger partial charge in [0.05, 0.1) is 36.7 Å². The number of morpholine rings is 1. The van der Waals surface area contributed by atoms with Crippen LogP contribution in [0, 0.1) is 5.82 Å². The van der Waals surface area contributed by atoms with Crippen LogP contribution in [0.1, 0.15) is 35.5 Å². The first kappa shape index (κ1) is 28.8. The Labute approximate surface area is 241 Å². The molecule has 3 heterocycles. The molecule has 0 aliphatic carbocycles. The molecule has 1 saturated heterocycles. The summed E-state index contributed by atoms with van der Waals surface area (Å²) in [4.78, 5) is 24.5. The molecule has 11 heteroatoms. The van der Waals surface area contributed by atoms with Gasteiger partial charge in [0, 0.05) is 46.1 Å². The minimum Gasteiger partial charge on any atom is -0.372 e. The lowest BCUT2D eigenvalue weighted by Gasteiger charge is -2.36. The van der Waals surface area contributed by atoms with Gasteiger partial charge < -0.3 is 19.7 Å². The number of ether oxygens (including phenoxy) is 2. The summed E-state index contributed by atoms with van der Waals surface area (Å²) in [6, 6.07) is 15.1. The standard InChI is InChI=1S/C30H29F3N4O3S/c1-17-14-37(15-18(2)40-17)27-5-3-4-26(36-27)24-7-6-20-12-34-22(11-25(20)28(24)31)13-35-29(38)21-8-19(9-23(41)10-21)16-39-30(32)33/h3-12,17-18,30,41H,13-16H2,1-2H3,(H,35,38). The Bertz CT molecular complexity index is 1560. The van der Waals surface area contributed by atoms with Crippen LogP contribution in [-0.2, 0) is 22.6 Å². The molecule has 0 spiro atoms. The summed E-state index contributed by atoms with van der Waals surface area (Å²) < 4.78 is 50.8. The van der Waals surface area contributed by atoms with Gasteiger partial charge in [-0.3, -0.25) is 9.78 Å². The molecule has 5 rings (SSSR count). The van der Waals surface area contributed by atoms with Gasteiger partial charge in [-0.05, 0) is 61.9 Å². The van der Waals surface area contributed by atoms with Gasteiger partial charge in [0.15, 0.2) is 0 Å². The Balaban J connectivity index is 1.34. The SMILES string of the molecule is CC1CN(c2cccc(-c3ccc4cnc(CNC(=O)c5cc(S)cc(COC(F)F)c5)cc4c3F)n2)CC(C)O1. The van der Waals surface area contributed by atoms with E-state index < -0.39 is 18.3 Å². The van der Waals surface area contributed by atoms with Crippen LogP contribution < -0.4 is 10.2 Å². The fourth-order valence-electron chi connectivity index (χ4n) is 4.95. The summed E-state index contributed by atoms with van der Waals surface area (Å²) in [6.45, 7) is 2.18. The second-order valence-electron chi connectivity index (χ2n) is 10.0. The number of fused-ring (bicyclic) bond motifs is 1. The van der Waals surface area contributed by atoms with E-state index in [1.165, 1.54) is 12.1 Å². The number of anilines is 1. The molecule has 41 heavy (non-hydrogen) atoms. The maximum atomic E-state index is 15.9. The average molecular weight is 583 g/mol. The van der Waals surface area contributed by atoms with Gasteiger partial charge in [0.1, 0.15) is 11.6 Å². The number of hydrogen-bond acceptors (Lipinski definition) is 7. The second kappa shape index (κ2) is 12.5. The van der Waals surface area contributed by atoms with Crippen LogP contribution in [-0.4, -0.2) is 47.8 Å². The number of thiol groups is 1. The molecule has 1 N–H and O–H groups in total. The van der Waals surface area contributed by atoms with Crippen LogP contribution in [0.4, 0.5) is 19.0 Å². The van der Waals surface area contributed by atoms with Crippen molar-refractivity contribution in [1.82, 2.24) is 15.3 Å². The van der Waals surface area contributed by atoms with E-state index >= 15 is 4.39 Å². The molecule has 7 nitrogen and oxygen atoms in total. The lowest BCUT2D eigenvalue weighted by atomic mass is 10.0. The second-order valence-corrected chi connectivity index (χ2v) is 10.5. The number of pyridine rings is 2. The maximum Gasteiger partial charge on any atom is 0.345 e. The van der Waals surface area contributed by atoms with Gasteiger partial charge in [-0.25, -0.2) is 9.37 Å². The highest BCUT2D eigenvalue weighted by Gasteiger charge is 2.24. The third-order valence-corrected chi connectivity index (χ3v) is 6.95. The van der Waals surface area contributed by atoms with E-state index in [1.807, 2.05) is 26.0 Å². The molecule has 1 aliphatic rings.